The Kier molecular flexibility index (Phi) is 11.7. The van der Waals surface area contributed by atoms with Gasteiger partial charge >= 0.3 is 0 Å². The van der Waals surface area contributed by atoms with E-state index in [1.165, 1.54) is 64.2 Å². The molecule has 3 unspecified atom stereocenters. The van der Waals surface area contributed by atoms with Crippen LogP contribution in [-0.4, -0.2) is 27.7 Å². The highest BCUT2D eigenvalue weighted by Gasteiger charge is 2.59. The molecular formula is C40H64O4S. The van der Waals surface area contributed by atoms with Gasteiger partial charge in [0.25, 0.3) is 10.1 Å². The van der Waals surface area contributed by atoms with E-state index < -0.39 is 10.1 Å². The van der Waals surface area contributed by atoms with Gasteiger partial charge in [0.2, 0.25) is 0 Å². The summed E-state index contributed by atoms with van der Waals surface area (Å²) >= 11 is 0. The highest BCUT2D eigenvalue weighted by atomic mass is 32.2. The number of benzene rings is 1. The van der Waals surface area contributed by atoms with E-state index in [1.54, 1.807) is 29.8 Å². The summed E-state index contributed by atoms with van der Waals surface area (Å²) in [6.45, 7) is 15.6. The number of hydrogen-bond acceptors (Lipinski definition) is 4. The Morgan fingerprint density at radius 2 is 1.58 bits per heavy atom. The molecule has 0 saturated heterocycles. The Labute approximate surface area is 276 Å². The molecule has 3 saturated carbocycles. The first-order valence-electron chi connectivity index (χ1n) is 18.7. The zero-order valence-corrected chi connectivity index (χ0v) is 30.3. The summed E-state index contributed by atoms with van der Waals surface area (Å²) in [7, 11) is -3.66. The van der Waals surface area contributed by atoms with Gasteiger partial charge in [-0.15, -0.1) is 0 Å². The van der Waals surface area contributed by atoms with Gasteiger partial charge in [0.1, 0.15) is 0 Å². The third kappa shape index (κ3) is 7.94. The van der Waals surface area contributed by atoms with Gasteiger partial charge in [0.15, 0.2) is 0 Å². The minimum Gasteiger partial charge on any atom is -0.378 e. The molecule has 0 amide bonds. The lowest BCUT2D eigenvalue weighted by Crippen LogP contribution is -2.51. The van der Waals surface area contributed by atoms with Crippen LogP contribution in [0, 0.1) is 53.3 Å². The number of rotatable bonds is 15. The van der Waals surface area contributed by atoms with Crippen LogP contribution in [0.5, 0.6) is 0 Å². The summed E-state index contributed by atoms with van der Waals surface area (Å²) in [5.41, 5.74) is 3.69. The summed E-state index contributed by atoms with van der Waals surface area (Å²) < 4.78 is 36.4. The average Bonchev–Trinajstić information content (AvgIpc) is 3.36. The summed E-state index contributed by atoms with van der Waals surface area (Å²) in [6.07, 6.45) is 21.8. The molecule has 0 spiro atoms. The molecule has 4 aliphatic carbocycles. The van der Waals surface area contributed by atoms with Crippen molar-refractivity contribution in [3.63, 3.8) is 0 Å². The van der Waals surface area contributed by atoms with Gasteiger partial charge in [-0.2, -0.15) is 8.42 Å². The highest BCUT2D eigenvalue weighted by Crippen LogP contribution is 2.67. The van der Waals surface area contributed by atoms with E-state index in [2.05, 4.69) is 40.7 Å². The second-order valence-electron chi connectivity index (χ2n) is 16.5. The van der Waals surface area contributed by atoms with Crippen molar-refractivity contribution in [3.8, 4) is 0 Å². The Morgan fingerprint density at radius 1 is 0.844 bits per heavy atom. The van der Waals surface area contributed by atoms with Crippen LogP contribution in [0.1, 0.15) is 136 Å². The van der Waals surface area contributed by atoms with Gasteiger partial charge in [-0.05, 0) is 130 Å². The number of ether oxygens (including phenoxy) is 1. The predicted molar refractivity (Wildman–Crippen MR) is 186 cm³/mol. The molecule has 45 heavy (non-hydrogen) atoms. The highest BCUT2D eigenvalue weighted by molar-refractivity contribution is 7.86. The second-order valence-corrected chi connectivity index (χ2v) is 18.1. The van der Waals surface area contributed by atoms with Gasteiger partial charge in [-0.25, -0.2) is 0 Å². The molecule has 0 aliphatic heterocycles. The smallest absolute Gasteiger partial charge is 0.296 e. The van der Waals surface area contributed by atoms with Crippen molar-refractivity contribution in [3.05, 3.63) is 41.5 Å². The van der Waals surface area contributed by atoms with Gasteiger partial charge < -0.3 is 4.74 Å². The fraction of sp³-hybridized carbons (Fsp3) is 0.800. The van der Waals surface area contributed by atoms with E-state index in [0.29, 0.717) is 16.9 Å². The summed E-state index contributed by atoms with van der Waals surface area (Å²) in [6, 6.07) is 6.83. The largest absolute Gasteiger partial charge is 0.378 e. The molecule has 0 aromatic heterocycles. The van der Waals surface area contributed by atoms with Gasteiger partial charge in [0, 0.05) is 6.61 Å². The SMILES string of the molecule is Cc1ccc(S(=O)(=O)OCCCCCCO[C@H]2CC[C@@]3(C)C(=CCC4C3CC[C@@]3(C)C4CC[C@@H]3[C@H](C)CCCC(C)C)C2)cc1. The van der Waals surface area contributed by atoms with E-state index in [9.17, 15) is 8.42 Å². The van der Waals surface area contributed by atoms with E-state index in [4.69, 9.17) is 8.92 Å². The standard InChI is InChI=1S/C40H64O4S/c1-29(2)12-11-13-31(4)36-20-21-37-35-19-16-32-28-33(22-24-39(32,5)38(35)23-25-40(36,37)6)43-26-9-7-8-10-27-44-45(41,42)34-17-14-30(3)15-18-34/h14-18,29,31,33,35-38H,7-13,19-28H2,1-6H3/t31-,33+,35?,36-,37?,38?,39+,40-/m1/s1. The topological polar surface area (TPSA) is 52.6 Å². The van der Waals surface area contributed by atoms with Crippen molar-refractivity contribution in [1.29, 1.82) is 0 Å². The van der Waals surface area contributed by atoms with Crippen LogP contribution in [0.3, 0.4) is 0 Å². The maximum absolute atomic E-state index is 12.4. The quantitative estimate of drug-likeness (QED) is 0.109. The number of hydrogen-bond donors (Lipinski definition) is 0. The maximum atomic E-state index is 12.4. The second kappa shape index (κ2) is 14.9. The Morgan fingerprint density at radius 3 is 2.31 bits per heavy atom. The molecule has 4 nitrogen and oxygen atoms in total. The third-order valence-electron chi connectivity index (χ3n) is 13.2. The normalized spacial score (nSPS) is 33.8. The number of fused-ring (bicyclic) bond motifs is 5. The Hall–Kier alpha value is -1.17. The van der Waals surface area contributed by atoms with E-state index >= 15 is 0 Å². The van der Waals surface area contributed by atoms with Crippen LogP contribution in [-0.2, 0) is 19.0 Å². The van der Waals surface area contributed by atoms with Gasteiger partial charge in [-0.1, -0.05) is 96.1 Å². The monoisotopic (exact) mass is 640 g/mol. The molecule has 4 aliphatic rings. The van der Waals surface area contributed by atoms with Crippen molar-refractivity contribution in [2.24, 2.45) is 46.3 Å². The molecule has 0 N–H and O–H groups in total. The van der Waals surface area contributed by atoms with Crippen molar-refractivity contribution in [2.45, 2.75) is 149 Å². The molecule has 1 aromatic carbocycles. The van der Waals surface area contributed by atoms with Crippen molar-refractivity contribution >= 4 is 10.1 Å². The average molecular weight is 641 g/mol. The van der Waals surface area contributed by atoms with Crippen LogP contribution < -0.4 is 0 Å². The molecule has 0 radical (unpaired) electrons. The minimum absolute atomic E-state index is 0.236. The van der Waals surface area contributed by atoms with Crippen molar-refractivity contribution < 1.29 is 17.3 Å². The van der Waals surface area contributed by atoms with Crippen LogP contribution >= 0.6 is 0 Å². The summed E-state index contributed by atoms with van der Waals surface area (Å²) in [5, 5.41) is 0. The van der Waals surface area contributed by atoms with Gasteiger partial charge in [-0.3, -0.25) is 4.18 Å². The molecule has 8 atom stereocenters. The van der Waals surface area contributed by atoms with Crippen LogP contribution in [0.25, 0.3) is 0 Å². The van der Waals surface area contributed by atoms with Crippen molar-refractivity contribution in [1.82, 2.24) is 0 Å². The zero-order chi connectivity index (χ0) is 32.2. The van der Waals surface area contributed by atoms with Crippen LogP contribution in [0.4, 0.5) is 0 Å². The summed E-state index contributed by atoms with van der Waals surface area (Å²) in [4.78, 5) is 0.236. The Bertz CT molecular complexity index is 1240. The lowest BCUT2D eigenvalue weighted by Gasteiger charge is -2.58. The maximum Gasteiger partial charge on any atom is 0.296 e. The number of allylic oxidation sites excluding steroid dienone is 1. The molecule has 0 heterocycles. The fourth-order valence-corrected chi connectivity index (χ4v) is 11.5. The van der Waals surface area contributed by atoms with Crippen molar-refractivity contribution in [2.75, 3.05) is 13.2 Å². The lowest BCUT2D eigenvalue weighted by atomic mass is 9.47. The van der Waals surface area contributed by atoms with E-state index in [1.807, 2.05) is 6.92 Å². The molecule has 254 valence electrons. The minimum atomic E-state index is -3.66. The van der Waals surface area contributed by atoms with E-state index in [-0.39, 0.29) is 11.5 Å². The number of aryl methyl sites for hydroxylation is 1. The molecule has 0 bridgehead atoms. The first-order valence-corrected chi connectivity index (χ1v) is 20.1. The first kappa shape index (κ1) is 35.1. The molecule has 5 rings (SSSR count). The fourth-order valence-electron chi connectivity index (χ4n) is 10.5. The van der Waals surface area contributed by atoms with E-state index in [0.717, 1.165) is 79.8 Å². The lowest BCUT2D eigenvalue weighted by molar-refractivity contribution is -0.0641. The molecule has 5 heteroatoms. The molecule has 1 aromatic rings. The first-order chi connectivity index (χ1) is 21.4. The zero-order valence-electron chi connectivity index (χ0n) is 29.5. The van der Waals surface area contributed by atoms with Gasteiger partial charge in [0.05, 0.1) is 17.6 Å². The van der Waals surface area contributed by atoms with Crippen LogP contribution in [0.15, 0.2) is 40.8 Å². The van der Waals surface area contributed by atoms with Crippen LogP contribution in [0.2, 0.25) is 0 Å². The third-order valence-corrected chi connectivity index (χ3v) is 14.5. The predicted octanol–water partition coefficient (Wildman–Crippen LogP) is 10.7. The Balaban J connectivity index is 1.03. The molecule has 3 fully saturated rings. The summed E-state index contributed by atoms with van der Waals surface area (Å²) in [5.74, 6) is 5.31. The number of unbranched alkanes of at least 4 members (excludes halogenated alkanes) is 3. The molecular weight excluding hydrogens is 577 g/mol.